The number of rotatable bonds is 3. The van der Waals surface area contributed by atoms with E-state index in [9.17, 15) is 18.3 Å². The molecule has 0 aromatic heterocycles. The van der Waals surface area contributed by atoms with Gasteiger partial charge in [-0.2, -0.15) is 13.2 Å². The summed E-state index contributed by atoms with van der Waals surface area (Å²) in [6.45, 7) is 1.69. The molecule has 1 aromatic rings. The predicted octanol–water partition coefficient (Wildman–Crippen LogP) is 3.55. The van der Waals surface area contributed by atoms with Gasteiger partial charge in [0.2, 0.25) is 0 Å². The maximum Gasteiger partial charge on any atom is 0.417 e. The normalized spacial score (nSPS) is 14.8. The van der Waals surface area contributed by atoms with Crippen LogP contribution >= 0.6 is 24.0 Å². The van der Waals surface area contributed by atoms with Crippen molar-refractivity contribution < 1.29 is 18.3 Å². The quantitative estimate of drug-likeness (QED) is 0.897. The summed E-state index contributed by atoms with van der Waals surface area (Å²) in [6, 6.07) is 2.58. The molecule has 1 rings (SSSR count). The number of aliphatic hydroxyl groups excluding tert-OH is 1. The molecule has 0 saturated carbocycles. The van der Waals surface area contributed by atoms with Gasteiger partial charge < -0.3 is 10.8 Å². The van der Waals surface area contributed by atoms with Gasteiger partial charge in [-0.05, 0) is 18.1 Å². The molecule has 7 heteroatoms. The molecule has 0 bridgehead atoms. The molecule has 1 aromatic carbocycles. The van der Waals surface area contributed by atoms with E-state index in [4.69, 9.17) is 17.3 Å². The van der Waals surface area contributed by atoms with E-state index in [2.05, 4.69) is 0 Å². The van der Waals surface area contributed by atoms with Crippen molar-refractivity contribution in [2.75, 3.05) is 0 Å². The SMILES string of the molecule is CC[C@@H](O)[C@@H](N)c1cccc(C(F)(F)F)c1Cl.Cl. The summed E-state index contributed by atoms with van der Waals surface area (Å²) >= 11 is 5.68. The van der Waals surface area contributed by atoms with E-state index in [1.807, 2.05) is 0 Å². The molecule has 0 unspecified atom stereocenters. The Kier molecular flexibility index (Phi) is 6.43. The van der Waals surface area contributed by atoms with Gasteiger partial charge in [0.1, 0.15) is 0 Å². The number of benzene rings is 1. The molecule has 0 aliphatic rings. The van der Waals surface area contributed by atoms with Crippen molar-refractivity contribution in [3.05, 3.63) is 34.3 Å². The van der Waals surface area contributed by atoms with Crippen LogP contribution in [0.25, 0.3) is 0 Å². The van der Waals surface area contributed by atoms with Crippen LogP contribution in [0.5, 0.6) is 0 Å². The van der Waals surface area contributed by atoms with E-state index < -0.39 is 28.9 Å². The zero-order valence-electron chi connectivity index (χ0n) is 9.54. The highest BCUT2D eigenvalue weighted by molar-refractivity contribution is 6.32. The molecule has 0 aliphatic heterocycles. The zero-order chi connectivity index (χ0) is 13.2. The molecule has 2 atom stereocenters. The highest BCUT2D eigenvalue weighted by Crippen LogP contribution is 2.38. The van der Waals surface area contributed by atoms with E-state index in [0.29, 0.717) is 6.42 Å². The molecule has 0 radical (unpaired) electrons. The van der Waals surface area contributed by atoms with Gasteiger partial charge in [-0.15, -0.1) is 12.4 Å². The lowest BCUT2D eigenvalue weighted by molar-refractivity contribution is -0.137. The van der Waals surface area contributed by atoms with Crippen molar-refractivity contribution in [2.24, 2.45) is 5.73 Å². The van der Waals surface area contributed by atoms with Crippen molar-refractivity contribution in [1.82, 2.24) is 0 Å². The lowest BCUT2D eigenvalue weighted by Crippen LogP contribution is -2.26. The van der Waals surface area contributed by atoms with Gasteiger partial charge in [0.15, 0.2) is 0 Å². The second kappa shape index (κ2) is 6.61. The summed E-state index contributed by atoms with van der Waals surface area (Å²) in [7, 11) is 0. The van der Waals surface area contributed by atoms with E-state index in [1.165, 1.54) is 12.1 Å². The van der Waals surface area contributed by atoms with Crippen molar-refractivity contribution in [3.63, 3.8) is 0 Å². The number of alkyl halides is 3. The molecule has 0 heterocycles. The second-order valence-electron chi connectivity index (χ2n) is 3.71. The molecule has 0 fully saturated rings. The topological polar surface area (TPSA) is 46.2 Å². The standard InChI is InChI=1S/C11H13ClF3NO.ClH/c1-2-8(17)10(16)6-4-3-5-7(9(6)12)11(13,14)15;/h3-5,8,10,17H,2,16H2,1H3;1H/t8-,10+;/m1./s1. The number of nitrogens with two attached hydrogens (primary N) is 1. The maximum atomic E-state index is 12.6. The first-order valence-corrected chi connectivity index (χ1v) is 5.46. The third kappa shape index (κ3) is 3.75. The minimum absolute atomic E-state index is 0. The Morgan fingerprint density at radius 1 is 1.39 bits per heavy atom. The predicted molar refractivity (Wildman–Crippen MR) is 66.9 cm³/mol. The molecule has 2 nitrogen and oxygen atoms in total. The van der Waals surface area contributed by atoms with Gasteiger partial charge in [0.05, 0.1) is 22.7 Å². The third-order valence-corrected chi connectivity index (χ3v) is 2.95. The van der Waals surface area contributed by atoms with E-state index >= 15 is 0 Å². The summed E-state index contributed by atoms with van der Waals surface area (Å²) in [5.41, 5.74) is 4.83. The third-order valence-electron chi connectivity index (χ3n) is 2.53. The molecule has 0 amide bonds. The van der Waals surface area contributed by atoms with Crippen LogP contribution < -0.4 is 5.73 Å². The average Bonchev–Trinajstić information content (AvgIpc) is 2.25. The van der Waals surface area contributed by atoms with E-state index in [0.717, 1.165) is 6.07 Å². The van der Waals surface area contributed by atoms with Gasteiger partial charge in [-0.3, -0.25) is 0 Å². The monoisotopic (exact) mass is 303 g/mol. The smallest absolute Gasteiger partial charge is 0.391 e. The Morgan fingerprint density at radius 2 is 1.94 bits per heavy atom. The van der Waals surface area contributed by atoms with Crippen molar-refractivity contribution in [2.45, 2.75) is 31.7 Å². The van der Waals surface area contributed by atoms with Gasteiger partial charge in [-0.25, -0.2) is 0 Å². The molecule has 0 saturated heterocycles. The highest BCUT2D eigenvalue weighted by atomic mass is 35.5. The number of aliphatic hydroxyl groups is 1. The van der Waals surface area contributed by atoms with Crippen LogP contribution in [0.4, 0.5) is 13.2 Å². The van der Waals surface area contributed by atoms with Gasteiger partial charge >= 0.3 is 6.18 Å². The minimum Gasteiger partial charge on any atom is -0.391 e. The summed E-state index contributed by atoms with van der Waals surface area (Å²) < 4.78 is 37.8. The fourth-order valence-corrected chi connectivity index (χ4v) is 1.85. The van der Waals surface area contributed by atoms with Crippen LogP contribution in [0.15, 0.2) is 18.2 Å². The number of hydrogen-bond donors (Lipinski definition) is 2. The Balaban J connectivity index is 0.00000289. The fraction of sp³-hybridized carbons (Fsp3) is 0.455. The first-order valence-electron chi connectivity index (χ1n) is 5.08. The van der Waals surface area contributed by atoms with Crippen molar-refractivity contribution in [3.8, 4) is 0 Å². The van der Waals surface area contributed by atoms with Gasteiger partial charge in [0, 0.05) is 0 Å². The molecule has 3 N–H and O–H groups in total. The van der Waals surface area contributed by atoms with Crippen LogP contribution in [-0.2, 0) is 6.18 Å². The lowest BCUT2D eigenvalue weighted by atomic mass is 9.98. The Labute approximate surface area is 114 Å². The first kappa shape index (κ1) is 17.5. The molecule has 0 spiro atoms. The average molecular weight is 304 g/mol. The summed E-state index contributed by atoms with van der Waals surface area (Å²) in [5.74, 6) is 0. The first-order chi connectivity index (χ1) is 7.79. The number of halogens is 5. The van der Waals surface area contributed by atoms with Crippen LogP contribution in [0, 0.1) is 0 Å². The van der Waals surface area contributed by atoms with Crippen LogP contribution in [0.1, 0.15) is 30.5 Å². The van der Waals surface area contributed by atoms with Crippen LogP contribution in [-0.4, -0.2) is 11.2 Å². The van der Waals surface area contributed by atoms with Crippen LogP contribution in [0.2, 0.25) is 5.02 Å². The Bertz CT molecular complexity index is 398. The Morgan fingerprint density at radius 3 is 2.39 bits per heavy atom. The largest absolute Gasteiger partial charge is 0.417 e. The van der Waals surface area contributed by atoms with Gasteiger partial charge in [-0.1, -0.05) is 30.7 Å². The highest BCUT2D eigenvalue weighted by Gasteiger charge is 2.34. The Hall–Kier alpha value is -0.490. The molecule has 104 valence electrons. The van der Waals surface area contributed by atoms with E-state index in [-0.39, 0.29) is 18.0 Å². The van der Waals surface area contributed by atoms with E-state index in [1.54, 1.807) is 6.92 Å². The zero-order valence-corrected chi connectivity index (χ0v) is 11.1. The maximum absolute atomic E-state index is 12.6. The molecular weight excluding hydrogens is 290 g/mol. The summed E-state index contributed by atoms with van der Waals surface area (Å²) in [5, 5.41) is 9.09. The molecule has 18 heavy (non-hydrogen) atoms. The van der Waals surface area contributed by atoms with Crippen molar-refractivity contribution >= 4 is 24.0 Å². The molecule has 0 aliphatic carbocycles. The second-order valence-corrected chi connectivity index (χ2v) is 4.09. The molecular formula is C11H14Cl2F3NO. The van der Waals surface area contributed by atoms with Crippen molar-refractivity contribution in [1.29, 1.82) is 0 Å². The summed E-state index contributed by atoms with van der Waals surface area (Å²) in [4.78, 5) is 0. The minimum atomic E-state index is -4.52. The van der Waals surface area contributed by atoms with Gasteiger partial charge in [0.25, 0.3) is 0 Å². The number of hydrogen-bond acceptors (Lipinski definition) is 2. The van der Waals surface area contributed by atoms with Crippen LogP contribution in [0.3, 0.4) is 0 Å². The fourth-order valence-electron chi connectivity index (χ4n) is 1.49. The summed E-state index contributed by atoms with van der Waals surface area (Å²) in [6.07, 6.45) is -5.10. The lowest BCUT2D eigenvalue weighted by Gasteiger charge is -2.20.